The molecule has 0 radical (unpaired) electrons. The van der Waals surface area contributed by atoms with Crippen LogP contribution in [0.1, 0.15) is 47.2 Å². The van der Waals surface area contributed by atoms with E-state index in [-0.39, 0.29) is 5.41 Å². The van der Waals surface area contributed by atoms with Crippen molar-refractivity contribution in [3.05, 3.63) is 246 Å². The van der Waals surface area contributed by atoms with Crippen LogP contribution in [0.3, 0.4) is 0 Å². The highest BCUT2D eigenvalue weighted by molar-refractivity contribution is 6.06. The predicted octanol–water partition coefficient (Wildman–Crippen LogP) is 15.8. The standard InChI is InChI=1S/C60H41N/c1-59(2)52-20-10-7-17-47(52)49-32-30-44(36-56(49)59)61(43-28-25-39(26-29-43)42-24-23-38-13-3-4-15-41(38)35-42)45-31-33-50-48-18-8-11-21-53(48)60(57(50)37-45)54-22-12-9-19-51(54)58-46-16-6-5-14-40(46)27-34-55(58)60/h3-37H,1-2H3. The van der Waals surface area contributed by atoms with Gasteiger partial charge in [-0.2, -0.15) is 0 Å². The van der Waals surface area contributed by atoms with Gasteiger partial charge in [-0.1, -0.05) is 184 Å². The normalized spacial score (nSPS) is 15.9. The summed E-state index contributed by atoms with van der Waals surface area (Å²) < 4.78 is 0. The summed E-state index contributed by atoms with van der Waals surface area (Å²) in [6.07, 6.45) is 0. The summed E-state index contributed by atoms with van der Waals surface area (Å²) in [7, 11) is 0. The molecule has 0 aromatic heterocycles. The zero-order valence-corrected chi connectivity index (χ0v) is 34.2. The van der Waals surface area contributed by atoms with Gasteiger partial charge in [0.2, 0.25) is 0 Å². The van der Waals surface area contributed by atoms with E-state index >= 15 is 0 Å². The van der Waals surface area contributed by atoms with Crippen LogP contribution in [-0.4, -0.2) is 0 Å². The third-order valence-corrected chi connectivity index (χ3v) is 14.3. The lowest BCUT2D eigenvalue weighted by molar-refractivity contribution is 0.660. The van der Waals surface area contributed by atoms with Gasteiger partial charge in [0.05, 0.1) is 5.41 Å². The van der Waals surface area contributed by atoms with Gasteiger partial charge in [-0.05, 0) is 142 Å². The Morgan fingerprint density at radius 1 is 0.311 bits per heavy atom. The molecule has 61 heavy (non-hydrogen) atoms. The molecule has 1 atom stereocenters. The number of anilines is 3. The van der Waals surface area contributed by atoms with Gasteiger partial charge in [0.15, 0.2) is 0 Å². The van der Waals surface area contributed by atoms with Gasteiger partial charge >= 0.3 is 0 Å². The van der Waals surface area contributed by atoms with E-state index in [0.29, 0.717) is 0 Å². The lowest BCUT2D eigenvalue weighted by atomic mass is 9.70. The van der Waals surface area contributed by atoms with Crippen LogP contribution in [0.15, 0.2) is 212 Å². The topological polar surface area (TPSA) is 3.24 Å². The maximum atomic E-state index is 2.51. The first-order chi connectivity index (χ1) is 30.0. The fourth-order valence-corrected chi connectivity index (χ4v) is 11.5. The predicted molar refractivity (Wildman–Crippen MR) is 255 cm³/mol. The molecule has 286 valence electrons. The lowest BCUT2D eigenvalue weighted by Crippen LogP contribution is -2.26. The van der Waals surface area contributed by atoms with Crippen LogP contribution >= 0.6 is 0 Å². The van der Waals surface area contributed by atoms with E-state index < -0.39 is 5.41 Å². The Bertz CT molecular complexity index is 3460. The van der Waals surface area contributed by atoms with Crippen molar-refractivity contribution < 1.29 is 0 Å². The first-order valence-corrected chi connectivity index (χ1v) is 21.5. The third kappa shape index (κ3) is 4.66. The summed E-state index contributed by atoms with van der Waals surface area (Å²) in [6, 6.07) is 79.8. The molecule has 1 heteroatoms. The van der Waals surface area contributed by atoms with Crippen LogP contribution in [-0.2, 0) is 10.8 Å². The molecule has 1 unspecified atom stereocenters. The maximum absolute atomic E-state index is 2.51. The molecule has 0 amide bonds. The molecule has 0 heterocycles. The Kier molecular flexibility index (Phi) is 7.06. The van der Waals surface area contributed by atoms with Crippen LogP contribution in [0, 0.1) is 0 Å². The van der Waals surface area contributed by atoms with Gasteiger partial charge in [0.1, 0.15) is 0 Å². The molecule has 3 aliphatic rings. The molecule has 10 aromatic rings. The van der Waals surface area contributed by atoms with Crippen molar-refractivity contribution in [1.82, 2.24) is 0 Å². The van der Waals surface area contributed by atoms with Gasteiger partial charge in [0, 0.05) is 22.5 Å². The number of fused-ring (bicyclic) bond motifs is 16. The van der Waals surface area contributed by atoms with Gasteiger partial charge < -0.3 is 4.90 Å². The Labute approximate surface area is 356 Å². The molecular formula is C60H41N. The highest BCUT2D eigenvalue weighted by Gasteiger charge is 2.52. The molecule has 0 bridgehead atoms. The zero-order chi connectivity index (χ0) is 40.5. The molecular weight excluding hydrogens is 735 g/mol. The smallest absolute Gasteiger partial charge is 0.0726 e. The minimum absolute atomic E-state index is 0.128. The summed E-state index contributed by atoms with van der Waals surface area (Å²) in [5.41, 5.74) is 21.3. The number of hydrogen-bond donors (Lipinski definition) is 0. The van der Waals surface area contributed by atoms with Gasteiger partial charge in [0.25, 0.3) is 0 Å². The van der Waals surface area contributed by atoms with Crippen molar-refractivity contribution in [2.75, 3.05) is 4.90 Å². The summed E-state index contributed by atoms with van der Waals surface area (Å²) in [5, 5.41) is 5.09. The summed E-state index contributed by atoms with van der Waals surface area (Å²) in [4.78, 5) is 2.49. The van der Waals surface area contributed by atoms with Crippen LogP contribution in [0.2, 0.25) is 0 Å². The Hall–Kier alpha value is -7.48. The summed E-state index contributed by atoms with van der Waals surface area (Å²) >= 11 is 0. The fraction of sp³-hybridized carbons (Fsp3) is 0.0667. The molecule has 0 aliphatic heterocycles. The molecule has 1 nitrogen and oxygen atoms in total. The van der Waals surface area contributed by atoms with Crippen LogP contribution in [0.25, 0.3) is 66.1 Å². The first-order valence-electron chi connectivity index (χ1n) is 21.5. The van der Waals surface area contributed by atoms with Crippen molar-refractivity contribution in [3.63, 3.8) is 0 Å². The molecule has 3 aliphatic carbocycles. The van der Waals surface area contributed by atoms with E-state index in [1.54, 1.807) is 0 Å². The molecule has 0 saturated heterocycles. The summed E-state index contributed by atoms with van der Waals surface area (Å²) in [6.45, 7) is 4.75. The zero-order valence-electron chi connectivity index (χ0n) is 34.2. The van der Waals surface area contributed by atoms with Gasteiger partial charge in [-0.3, -0.25) is 0 Å². The van der Waals surface area contributed by atoms with Crippen molar-refractivity contribution >= 4 is 38.6 Å². The third-order valence-electron chi connectivity index (χ3n) is 14.3. The molecule has 1 spiro atoms. The van der Waals surface area contributed by atoms with Gasteiger partial charge in [-0.25, -0.2) is 0 Å². The average Bonchev–Trinajstić information content (AvgIpc) is 3.87. The second-order valence-corrected chi connectivity index (χ2v) is 17.6. The van der Waals surface area contributed by atoms with Crippen LogP contribution in [0.5, 0.6) is 0 Å². The highest BCUT2D eigenvalue weighted by Crippen LogP contribution is 2.64. The Morgan fingerprint density at radius 2 is 0.820 bits per heavy atom. The minimum atomic E-state index is -0.467. The van der Waals surface area contributed by atoms with E-state index in [4.69, 9.17) is 0 Å². The second kappa shape index (κ2) is 12.5. The summed E-state index contributed by atoms with van der Waals surface area (Å²) in [5.74, 6) is 0. The van der Waals surface area contributed by atoms with E-state index in [0.717, 1.165) is 17.1 Å². The first kappa shape index (κ1) is 34.4. The molecule has 0 N–H and O–H groups in total. The highest BCUT2D eigenvalue weighted by atomic mass is 15.1. The Morgan fingerprint density at radius 3 is 1.57 bits per heavy atom. The number of rotatable bonds is 4. The number of nitrogens with zero attached hydrogens (tertiary/aromatic N) is 1. The second-order valence-electron chi connectivity index (χ2n) is 17.6. The largest absolute Gasteiger partial charge is 0.310 e. The fourth-order valence-electron chi connectivity index (χ4n) is 11.5. The quantitative estimate of drug-likeness (QED) is 0.172. The van der Waals surface area contributed by atoms with E-state index in [2.05, 4.69) is 231 Å². The molecule has 13 rings (SSSR count). The number of benzene rings is 10. The molecule has 0 fully saturated rings. The van der Waals surface area contributed by atoms with Crippen molar-refractivity contribution in [3.8, 4) is 44.5 Å². The van der Waals surface area contributed by atoms with Crippen molar-refractivity contribution in [1.29, 1.82) is 0 Å². The molecule has 10 aromatic carbocycles. The van der Waals surface area contributed by atoms with E-state index in [9.17, 15) is 0 Å². The number of hydrogen-bond acceptors (Lipinski definition) is 1. The Balaban J connectivity index is 1.04. The maximum Gasteiger partial charge on any atom is 0.0726 e. The van der Waals surface area contributed by atoms with Crippen LogP contribution < -0.4 is 4.90 Å². The average molecular weight is 776 g/mol. The minimum Gasteiger partial charge on any atom is -0.310 e. The monoisotopic (exact) mass is 775 g/mol. The molecule has 0 saturated carbocycles. The lowest BCUT2D eigenvalue weighted by Gasteiger charge is -2.32. The van der Waals surface area contributed by atoms with Gasteiger partial charge in [-0.15, -0.1) is 0 Å². The van der Waals surface area contributed by atoms with E-state index in [1.807, 2.05) is 0 Å². The van der Waals surface area contributed by atoms with E-state index in [1.165, 1.54) is 99.4 Å². The SMILES string of the molecule is CC1(C)c2ccccc2-c2ccc(N(c3ccc(-c4ccc5ccccc5c4)cc3)c3ccc4c(c3)C3(c5ccccc5-4)c4ccccc4-c4c3ccc3ccccc43)cc21. The van der Waals surface area contributed by atoms with Crippen LogP contribution in [0.4, 0.5) is 17.1 Å². The van der Waals surface area contributed by atoms with Crippen molar-refractivity contribution in [2.24, 2.45) is 0 Å². The van der Waals surface area contributed by atoms with Crippen molar-refractivity contribution in [2.45, 2.75) is 24.7 Å².